The quantitative estimate of drug-likeness (QED) is 0.404. The molecule has 0 saturated heterocycles. The average molecular weight is 281 g/mol. The number of hydrogen-bond acceptors (Lipinski definition) is 4. The lowest BCUT2D eigenvalue weighted by molar-refractivity contribution is -0.384. The molecule has 0 spiro atoms. The average Bonchev–Trinajstić information content (AvgIpc) is 2.43. The molecule has 20 heavy (non-hydrogen) atoms. The minimum Gasteiger partial charge on any atom is -0.396 e. The van der Waals surface area contributed by atoms with Crippen LogP contribution in [0.1, 0.15) is 19.8 Å². The monoisotopic (exact) mass is 281 g/mol. The van der Waals surface area contributed by atoms with Gasteiger partial charge in [0.05, 0.1) is 4.92 Å². The standard InChI is InChI=1S/C13H19N3O4/c1-10(9-17)4-3-7-14-13(18)15-11-5-2-6-12(8-11)16(19)20/h2,5-6,8,10,17H,3-4,7,9H2,1H3,(H2,14,15,18). The second kappa shape index (κ2) is 8.11. The van der Waals surface area contributed by atoms with Crippen LogP contribution in [-0.2, 0) is 0 Å². The van der Waals surface area contributed by atoms with Gasteiger partial charge in [0.15, 0.2) is 0 Å². The molecule has 1 atom stereocenters. The number of nitrogens with zero attached hydrogens (tertiary/aromatic N) is 1. The van der Waals surface area contributed by atoms with E-state index in [0.717, 1.165) is 12.8 Å². The number of non-ortho nitro benzene ring substituents is 1. The molecule has 7 heteroatoms. The third-order valence-electron chi connectivity index (χ3n) is 2.79. The summed E-state index contributed by atoms with van der Waals surface area (Å²) in [5.41, 5.74) is 0.306. The molecule has 1 rings (SSSR count). The van der Waals surface area contributed by atoms with Gasteiger partial charge in [0, 0.05) is 31.0 Å². The zero-order valence-corrected chi connectivity index (χ0v) is 11.3. The van der Waals surface area contributed by atoms with Crippen molar-refractivity contribution in [2.75, 3.05) is 18.5 Å². The minimum absolute atomic E-state index is 0.0698. The maximum atomic E-state index is 11.6. The highest BCUT2D eigenvalue weighted by Crippen LogP contribution is 2.16. The number of urea groups is 1. The predicted molar refractivity (Wildman–Crippen MR) is 75.6 cm³/mol. The van der Waals surface area contributed by atoms with E-state index in [1.54, 1.807) is 6.07 Å². The number of carbonyl (C=O) groups is 1. The summed E-state index contributed by atoms with van der Waals surface area (Å²) in [5, 5.41) is 24.6. The number of nitro groups is 1. The first-order chi connectivity index (χ1) is 9.52. The Kier molecular flexibility index (Phi) is 6.45. The second-order valence-electron chi connectivity index (χ2n) is 4.62. The van der Waals surface area contributed by atoms with Gasteiger partial charge in [0.2, 0.25) is 0 Å². The van der Waals surface area contributed by atoms with Crippen molar-refractivity contribution in [3.05, 3.63) is 34.4 Å². The van der Waals surface area contributed by atoms with Crippen LogP contribution in [-0.4, -0.2) is 29.2 Å². The van der Waals surface area contributed by atoms with Crippen LogP contribution in [0.25, 0.3) is 0 Å². The Morgan fingerprint density at radius 3 is 2.90 bits per heavy atom. The van der Waals surface area contributed by atoms with Crippen LogP contribution in [0.3, 0.4) is 0 Å². The Morgan fingerprint density at radius 2 is 2.25 bits per heavy atom. The molecule has 1 aromatic rings. The fraction of sp³-hybridized carbons (Fsp3) is 0.462. The third-order valence-corrected chi connectivity index (χ3v) is 2.79. The maximum Gasteiger partial charge on any atom is 0.319 e. The normalized spacial score (nSPS) is 11.7. The first-order valence-electron chi connectivity index (χ1n) is 6.43. The van der Waals surface area contributed by atoms with Crippen LogP contribution in [0.5, 0.6) is 0 Å². The predicted octanol–water partition coefficient (Wildman–Crippen LogP) is 2.12. The number of benzene rings is 1. The van der Waals surface area contributed by atoms with Gasteiger partial charge in [-0.25, -0.2) is 4.79 Å². The van der Waals surface area contributed by atoms with Gasteiger partial charge in [-0.05, 0) is 24.8 Å². The molecule has 0 bridgehead atoms. The molecular formula is C13H19N3O4. The molecular weight excluding hydrogens is 262 g/mol. The summed E-state index contributed by atoms with van der Waals surface area (Å²) in [5.74, 6) is 0.219. The Balaban J connectivity index is 2.35. The van der Waals surface area contributed by atoms with E-state index in [0.29, 0.717) is 12.2 Å². The molecule has 0 aliphatic carbocycles. The number of aliphatic hydroxyl groups is 1. The highest BCUT2D eigenvalue weighted by molar-refractivity contribution is 5.89. The lowest BCUT2D eigenvalue weighted by Crippen LogP contribution is -2.29. The van der Waals surface area contributed by atoms with Crippen molar-refractivity contribution in [1.29, 1.82) is 0 Å². The first-order valence-corrected chi connectivity index (χ1v) is 6.43. The number of nitro benzene ring substituents is 1. The summed E-state index contributed by atoms with van der Waals surface area (Å²) >= 11 is 0. The lowest BCUT2D eigenvalue weighted by Gasteiger charge is -2.09. The van der Waals surface area contributed by atoms with E-state index < -0.39 is 11.0 Å². The molecule has 0 fully saturated rings. The van der Waals surface area contributed by atoms with Crippen molar-refractivity contribution in [2.45, 2.75) is 19.8 Å². The summed E-state index contributed by atoms with van der Waals surface area (Å²) in [7, 11) is 0. The van der Waals surface area contributed by atoms with Gasteiger partial charge >= 0.3 is 6.03 Å². The molecule has 110 valence electrons. The largest absolute Gasteiger partial charge is 0.396 e. The summed E-state index contributed by atoms with van der Waals surface area (Å²) in [4.78, 5) is 21.7. The summed E-state index contributed by atoms with van der Waals surface area (Å²) in [6.07, 6.45) is 1.59. The Morgan fingerprint density at radius 1 is 1.50 bits per heavy atom. The van der Waals surface area contributed by atoms with Crippen molar-refractivity contribution in [1.82, 2.24) is 5.32 Å². The van der Waals surface area contributed by atoms with Crippen LogP contribution in [0.2, 0.25) is 0 Å². The number of rotatable bonds is 7. The molecule has 0 heterocycles. The number of nitrogens with one attached hydrogen (secondary N) is 2. The van der Waals surface area contributed by atoms with Crippen molar-refractivity contribution < 1.29 is 14.8 Å². The second-order valence-corrected chi connectivity index (χ2v) is 4.62. The van der Waals surface area contributed by atoms with Gasteiger partial charge < -0.3 is 15.7 Å². The number of anilines is 1. The number of amides is 2. The number of carbonyl (C=O) groups excluding carboxylic acids is 1. The van der Waals surface area contributed by atoms with Gasteiger partial charge in [0.25, 0.3) is 5.69 Å². The molecule has 3 N–H and O–H groups in total. The van der Waals surface area contributed by atoms with Crippen LogP contribution in [0, 0.1) is 16.0 Å². The van der Waals surface area contributed by atoms with E-state index in [1.165, 1.54) is 18.2 Å². The van der Waals surface area contributed by atoms with E-state index in [1.807, 2.05) is 6.92 Å². The third kappa shape index (κ3) is 5.66. The van der Waals surface area contributed by atoms with Crippen LogP contribution in [0.4, 0.5) is 16.2 Å². The molecule has 0 aliphatic heterocycles. The van der Waals surface area contributed by atoms with Crippen LogP contribution >= 0.6 is 0 Å². The van der Waals surface area contributed by atoms with Gasteiger partial charge in [-0.3, -0.25) is 10.1 Å². The Bertz CT molecular complexity index is 465. The van der Waals surface area contributed by atoms with E-state index in [4.69, 9.17) is 5.11 Å². The summed E-state index contributed by atoms with van der Waals surface area (Å²) < 4.78 is 0. The molecule has 2 amide bonds. The van der Waals surface area contributed by atoms with Gasteiger partial charge in [-0.1, -0.05) is 13.0 Å². The SMILES string of the molecule is CC(CO)CCCNC(=O)Nc1cccc([N+](=O)[O-])c1. The zero-order chi connectivity index (χ0) is 15.0. The summed E-state index contributed by atoms with van der Waals surface area (Å²) in [6, 6.07) is 5.35. The molecule has 0 radical (unpaired) electrons. The molecule has 1 unspecified atom stereocenters. The smallest absolute Gasteiger partial charge is 0.319 e. The van der Waals surface area contributed by atoms with Crippen LogP contribution in [0.15, 0.2) is 24.3 Å². The fourth-order valence-corrected chi connectivity index (χ4v) is 1.62. The molecule has 7 nitrogen and oxygen atoms in total. The molecule has 0 aliphatic rings. The van der Waals surface area contributed by atoms with E-state index >= 15 is 0 Å². The Hall–Kier alpha value is -2.15. The number of aliphatic hydroxyl groups excluding tert-OH is 1. The highest BCUT2D eigenvalue weighted by atomic mass is 16.6. The van der Waals surface area contributed by atoms with Crippen molar-refractivity contribution >= 4 is 17.4 Å². The number of hydrogen-bond donors (Lipinski definition) is 3. The van der Waals surface area contributed by atoms with Crippen LogP contribution < -0.4 is 10.6 Å². The van der Waals surface area contributed by atoms with E-state index in [2.05, 4.69) is 10.6 Å². The Labute approximate surface area is 117 Å². The molecule has 0 aromatic heterocycles. The first kappa shape index (κ1) is 15.9. The molecule has 1 aromatic carbocycles. The van der Waals surface area contributed by atoms with E-state index in [9.17, 15) is 14.9 Å². The van der Waals surface area contributed by atoms with Gasteiger partial charge in [-0.2, -0.15) is 0 Å². The highest BCUT2D eigenvalue weighted by Gasteiger charge is 2.07. The van der Waals surface area contributed by atoms with E-state index in [-0.39, 0.29) is 18.2 Å². The lowest BCUT2D eigenvalue weighted by atomic mass is 10.1. The minimum atomic E-state index is -0.515. The van der Waals surface area contributed by atoms with Crippen molar-refractivity contribution in [3.8, 4) is 0 Å². The zero-order valence-electron chi connectivity index (χ0n) is 11.3. The van der Waals surface area contributed by atoms with Gasteiger partial charge in [-0.15, -0.1) is 0 Å². The molecule has 0 saturated carbocycles. The van der Waals surface area contributed by atoms with Gasteiger partial charge in [0.1, 0.15) is 0 Å². The van der Waals surface area contributed by atoms with Crippen molar-refractivity contribution in [2.24, 2.45) is 5.92 Å². The topological polar surface area (TPSA) is 104 Å². The maximum absolute atomic E-state index is 11.6. The fourth-order valence-electron chi connectivity index (χ4n) is 1.62. The summed E-state index contributed by atoms with van der Waals surface area (Å²) in [6.45, 7) is 2.56. The van der Waals surface area contributed by atoms with Crippen molar-refractivity contribution in [3.63, 3.8) is 0 Å².